The number of phenols is 1. The fraction of sp³-hybridized carbons (Fsp3) is 0.222. The summed E-state index contributed by atoms with van der Waals surface area (Å²) in [4.78, 5) is 12.0. The molecule has 8 heteroatoms. The molecule has 0 radical (unpaired) electrons. The first-order chi connectivity index (χ1) is 17.3. The van der Waals surface area contributed by atoms with Crippen molar-refractivity contribution in [1.29, 1.82) is 0 Å². The number of para-hydroxylation sites is 1. The number of nitrogens with zero attached hydrogens (tertiary/aromatic N) is 7. The van der Waals surface area contributed by atoms with E-state index in [-0.39, 0.29) is 5.75 Å². The van der Waals surface area contributed by atoms with Crippen LogP contribution in [0.15, 0.2) is 70.9 Å². The first-order valence-corrected chi connectivity index (χ1v) is 12.0. The van der Waals surface area contributed by atoms with Gasteiger partial charge >= 0.3 is 0 Å². The van der Waals surface area contributed by atoms with Crippen molar-refractivity contribution in [3.8, 4) is 17.3 Å². The van der Waals surface area contributed by atoms with Gasteiger partial charge in [0.15, 0.2) is 0 Å². The zero-order valence-electron chi connectivity index (χ0n) is 19.1. The third-order valence-electron chi connectivity index (χ3n) is 6.89. The first-order valence-electron chi connectivity index (χ1n) is 12.0. The standard InChI is InChI=1S/C27H23N7O/c35-22-11-2-1-9-20(22)23-24(27-31-30-26(34(27)32-23)21-10-3-4-12-28-21)29-19-15-17-7-5-13-33-14-6-8-18(16-19)25(17)33/h1-4,9-12,15-16,35H,5-8,13-14H2/b29-24+. The van der Waals surface area contributed by atoms with Crippen molar-refractivity contribution in [1.82, 2.24) is 19.9 Å². The van der Waals surface area contributed by atoms with Gasteiger partial charge in [0.2, 0.25) is 11.6 Å². The summed E-state index contributed by atoms with van der Waals surface area (Å²) in [5.41, 5.74) is 7.46. The summed E-state index contributed by atoms with van der Waals surface area (Å²) >= 11 is 0. The second-order valence-corrected chi connectivity index (χ2v) is 9.11. The van der Waals surface area contributed by atoms with E-state index in [0.29, 0.717) is 34.3 Å². The van der Waals surface area contributed by atoms with Crippen molar-refractivity contribution in [3.05, 3.63) is 83.3 Å². The number of aromatic nitrogens is 4. The van der Waals surface area contributed by atoms with Crippen molar-refractivity contribution in [2.45, 2.75) is 25.7 Å². The van der Waals surface area contributed by atoms with Crippen molar-refractivity contribution in [2.24, 2.45) is 10.1 Å². The van der Waals surface area contributed by atoms with Crippen LogP contribution in [0.1, 0.15) is 35.4 Å². The number of fused-ring (bicyclic) bond motifs is 1. The zero-order valence-corrected chi connectivity index (χ0v) is 19.1. The summed E-state index contributed by atoms with van der Waals surface area (Å²) in [6.45, 7) is 2.27. The maximum absolute atomic E-state index is 10.6. The molecule has 3 aliphatic rings. The molecule has 2 aromatic carbocycles. The highest BCUT2D eigenvalue weighted by Gasteiger charge is 2.32. The molecule has 35 heavy (non-hydrogen) atoms. The molecule has 8 nitrogen and oxygen atoms in total. The average molecular weight is 462 g/mol. The number of aliphatic imine (C=N–C) groups is 1. The molecule has 172 valence electrons. The molecule has 4 aromatic rings. The van der Waals surface area contributed by atoms with Gasteiger partial charge in [-0.05, 0) is 73.2 Å². The molecular formula is C27H23N7O. The van der Waals surface area contributed by atoms with Gasteiger partial charge in [0.25, 0.3) is 0 Å². The van der Waals surface area contributed by atoms with Crippen molar-refractivity contribution >= 4 is 22.8 Å². The molecule has 5 heterocycles. The highest BCUT2D eigenvalue weighted by molar-refractivity contribution is 6.54. The van der Waals surface area contributed by atoms with Gasteiger partial charge in [-0.2, -0.15) is 9.78 Å². The highest BCUT2D eigenvalue weighted by Crippen LogP contribution is 2.38. The number of aromatic hydroxyl groups is 1. The van der Waals surface area contributed by atoms with Crippen LogP contribution in [0, 0.1) is 0 Å². The van der Waals surface area contributed by atoms with E-state index >= 15 is 0 Å². The van der Waals surface area contributed by atoms with E-state index in [9.17, 15) is 5.11 Å². The molecule has 0 saturated heterocycles. The summed E-state index contributed by atoms with van der Waals surface area (Å²) in [6, 6.07) is 17.2. The van der Waals surface area contributed by atoms with Crippen LogP contribution < -0.4 is 4.90 Å². The summed E-state index contributed by atoms with van der Waals surface area (Å²) in [5.74, 6) is 1.22. The summed E-state index contributed by atoms with van der Waals surface area (Å²) in [5, 5.41) is 24.3. The largest absolute Gasteiger partial charge is 0.507 e. The number of aryl methyl sites for hydroxylation is 2. The van der Waals surface area contributed by atoms with E-state index in [1.54, 1.807) is 23.0 Å². The van der Waals surface area contributed by atoms with Gasteiger partial charge in [0, 0.05) is 30.5 Å². The lowest BCUT2D eigenvalue weighted by Crippen LogP contribution is -2.34. The molecule has 0 atom stereocenters. The maximum Gasteiger partial charge on any atom is 0.206 e. The van der Waals surface area contributed by atoms with Gasteiger partial charge in [0.05, 0.1) is 5.69 Å². The Bertz CT molecular complexity index is 1490. The van der Waals surface area contributed by atoms with E-state index in [2.05, 4.69) is 32.2 Å². The fourth-order valence-electron chi connectivity index (χ4n) is 5.37. The van der Waals surface area contributed by atoms with Gasteiger partial charge in [-0.15, -0.1) is 10.2 Å². The fourth-order valence-corrected chi connectivity index (χ4v) is 5.37. The molecular weight excluding hydrogens is 438 g/mol. The molecule has 2 aromatic heterocycles. The second kappa shape index (κ2) is 7.87. The Kier molecular flexibility index (Phi) is 4.51. The quantitative estimate of drug-likeness (QED) is 0.495. The molecule has 0 saturated carbocycles. The van der Waals surface area contributed by atoms with Crippen LogP contribution in [-0.2, 0) is 12.8 Å². The number of rotatable bonds is 3. The SMILES string of the molecule is Oc1ccccc1C1=Nn2c(nnc2-c2ccccn2)/C1=N/c1cc2c3c(c1)CCCN3CCC2. The Morgan fingerprint density at radius 2 is 1.60 bits per heavy atom. The number of benzene rings is 2. The molecule has 0 fully saturated rings. The smallest absolute Gasteiger partial charge is 0.206 e. The number of hydrogen-bond donors (Lipinski definition) is 1. The van der Waals surface area contributed by atoms with Crippen molar-refractivity contribution in [3.63, 3.8) is 0 Å². The predicted molar refractivity (Wildman–Crippen MR) is 135 cm³/mol. The van der Waals surface area contributed by atoms with Crippen molar-refractivity contribution < 1.29 is 5.11 Å². The highest BCUT2D eigenvalue weighted by atomic mass is 16.3. The monoisotopic (exact) mass is 461 g/mol. The molecule has 0 spiro atoms. The van der Waals surface area contributed by atoms with Gasteiger partial charge in [0.1, 0.15) is 22.9 Å². The molecule has 3 aliphatic heterocycles. The topological polar surface area (TPSA) is 91.8 Å². The van der Waals surface area contributed by atoms with Gasteiger partial charge in [-0.25, -0.2) is 4.99 Å². The van der Waals surface area contributed by atoms with Crippen LogP contribution >= 0.6 is 0 Å². The van der Waals surface area contributed by atoms with Crippen LogP contribution in [-0.4, -0.2) is 49.5 Å². The van der Waals surface area contributed by atoms with Gasteiger partial charge < -0.3 is 10.0 Å². The summed E-state index contributed by atoms with van der Waals surface area (Å²) in [6.07, 6.45) is 6.18. The minimum atomic E-state index is 0.147. The summed E-state index contributed by atoms with van der Waals surface area (Å²) < 4.78 is 1.67. The molecule has 7 rings (SSSR count). The maximum atomic E-state index is 10.6. The lowest BCUT2D eigenvalue weighted by atomic mass is 9.91. The van der Waals surface area contributed by atoms with E-state index in [1.807, 2.05) is 30.3 Å². The number of anilines is 1. The lowest BCUT2D eigenvalue weighted by molar-refractivity contribution is 0.474. The first kappa shape index (κ1) is 20.1. The van der Waals surface area contributed by atoms with Crippen LogP contribution in [0.5, 0.6) is 5.75 Å². The van der Waals surface area contributed by atoms with Gasteiger partial charge in [-0.1, -0.05) is 18.2 Å². The minimum absolute atomic E-state index is 0.147. The van der Waals surface area contributed by atoms with Crippen LogP contribution in [0.25, 0.3) is 11.5 Å². The molecule has 1 N–H and O–H groups in total. The van der Waals surface area contributed by atoms with Gasteiger partial charge in [-0.3, -0.25) is 4.98 Å². The Labute approximate surface area is 202 Å². The number of pyridine rings is 1. The Hall–Kier alpha value is -4.33. The number of hydrogen-bond acceptors (Lipinski definition) is 7. The zero-order chi connectivity index (χ0) is 23.4. The Morgan fingerprint density at radius 1 is 0.857 bits per heavy atom. The lowest BCUT2D eigenvalue weighted by Gasteiger charge is -2.37. The second-order valence-electron chi connectivity index (χ2n) is 9.11. The normalized spacial score (nSPS) is 17.3. The molecule has 0 bridgehead atoms. The van der Waals surface area contributed by atoms with Crippen molar-refractivity contribution in [2.75, 3.05) is 18.0 Å². The van der Waals surface area contributed by atoms with Crippen LogP contribution in [0.2, 0.25) is 0 Å². The number of phenolic OH excluding ortho intramolecular Hbond substituents is 1. The van der Waals surface area contributed by atoms with Crippen LogP contribution in [0.3, 0.4) is 0 Å². The third-order valence-corrected chi connectivity index (χ3v) is 6.89. The summed E-state index contributed by atoms with van der Waals surface area (Å²) in [7, 11) is 0. The molecule has 0 aliphatic carbocycles. The predicted octanol–water partition coefficient (Wildman–Crippen LogP) is 4.13. The van der Waals surface area contributed by atoms with E-state index < -0.39 is 0 Å². The van der Waals surface area contributed by atoms with Crippen LogP contribution in [0.4, 0.5) is 11.4 Å². The average Bonchev–Trinajstić information content (AvgIpc) is 3.45. The van der Waals surface area contributed by atoms with E-state index in [4.69, 9.17) is 10.1 Å². The third kappa shape index (κ3) is 3.24. The van der Waals surface area contributed by atoms with E-state index in [1.165, 1.54) is 29.7 Å². The molecule has 0 unspecified atom stereocenters. The molecule has 0 amide bonds. The minimum Gasteiger partial charge on any atom is -0.507 e. The Balaban J connectivity index is 1.41. The van der Waals surface area contributed by atoms with E-state index in [0.717, 1.165) is 31.6 Å². The Morgan fingerprint density at radius 3 is 2.34 bits per heavy atom.